The second-order valence-electron chi connectivity index (χ2n) is 32.9. The third-order valence-corrected chi connectivity index (χ3v) is 21.6. The maximum Gasteiger partial charge on any atom is 0.271 e. The topological polar surface area (TPSA) is 434 Å². The molecule has 0 fully saturated rings. The van der Waals surface area contributed by atoms with Crippen molar-refractivity contribution in [2.45, 2.75) is 105 Å². The summed E-state index contributed by atoms with van der Waals surface area (Å²) < 4.78 is 35.0. The molecule has 644 valence electrons. The minimum absolute atomic E-state index is 0.00413. The van der Waals surface area contributed by atoms with Crippen LogP contribution in [0.2, 0.25) is 0 Å². The van der Waals surface area contributed by atoms with E-state index in [0.717, 1.165) is 54.5 Å². The summed E-state index contributed by atoms with van der Waals surface area (Å²) in [6, 6.07) is 54.2. The van der Waals surface area contributed by atoms with Gasteiger partial charge in [-0.1, -0.05) is 144 Å². The number of nitrogens with zero attached hydrogens (tertiary/aromatic N) is 19. The predicted octanol–water partition coefficient (Wildman–Crippen LogP) is 14.6. The number of anilines is 4. The summed E-state index contributed by atoms with van der Waals surface area (Å²) in [6.45, 7) is 24.8. The molecular formula is C93H92BrF2N27O4. The number of fused-ring (bicyclic) bond motifs is 5. The van der Waals surface area contributed by atoms with E-state index in [1.165, 1.54) is 67.9 Å². The Kier molecular flexibility index (Phi) is 25.4. The van der Waals surface area contributed by atoms with Gasteiger partial charge in [-0.25, -0.2) is 77.3 Å². The van der Waals surface area contributed by atoms with Crippen molar-refractivity contribution >= 4 is 118 Å². The first kappa shape index (κ1) is 88.0. The molecule has 0 bridgehead atoms. The predicted molar refractivity (Wildman–Crippen MR) is 491 cm³/mol. The Bertz CT molecular complexity index is 6740. The van der Waals surface area contributed by atoms with Crippen molar-refractivity contribution in [1.82, 2.24) is 115 Å². The fourth-order valence-electron chi connectivity index (χ4n) is 13.9. The smallest absolute Gasteiger partial charge is 0.271 e. The second kappa shape index (κ2) is 36.6. The highest BCUT2D eigenvalue weighted by Gasteiger charge is 2.34. The molecule has 0 saturated carbocycles. The molecule has 0 aliphatic heterocycles. The van der Waals surface area contributed by atoms with Gasteiger partial charge >= 0.3 is 0 Å². The minimum atomic E-state index is -0.678. The van der Waals surface area contributed by atoms with Crippen molar-refractivity contribution in [3.05, 3.63) is 281 Å². The number of halogens is 3. The standard InChI is InChI=1S/C25H24N8O.2C23H23FN6O.C22H22BrN7O/c1-15-8-10-16(11-9-15)21-20-22(26)29-14-30-23(20)33(32-21)25(2,3)13-28-24(34)19-12-27-17-6-4-5-7-18(17)31-19;1-14-4-6-15(7-5-14)19-18-20(25)27-13-28-21(18)30(29-19)23(2,3)12-26-22(31)16-8-10-17(24)11-9-16;1-14-8-10-15(11-9-14)19-18-20(25)27-13-28-21(18)30(29-19)23(2,3)12-26-22(31)16-6-4-5-7-17(16)24;1-13-4-6-14(7-5-13)18-17-19(24)27-12-28-20(17)30(29-18)22(2,3)11-26-21(31)16-9-8-15(23)10-25-16/h4-12,14H,13H2,1-3H3,(H,28,34)(H2,26,29,30);2*4-11,13H,12H2,1-3H3,(H,26,31)(H2,25,27,28);4-10,12H,11H2,1-3H3,(H,26,31)(H2,24,27,28). The van der Waals surface area contributed by atoms with Crippen LogP contribution in [0.4, 0.5) is 32.1 Å². The highest BCUT2D eigenvalue weighted by molar-refractivity contribution is 9.10. The number of para-hydroxylation sites is 2. The molecule has 0 spiro atoms. The molecule has 10 aromatic heterocycles. The fourth-order valence-corrected chi connectivity index (χ4v) is 14.2. The lowest BCUT2D eigenvalue weighted by Gasteiger charge is -2.26. The number of carbonyl (C=O) groups is 4. The molecule has 127 heavy (non-hydrogen) atoms. The largest absolute Gasteiger partial charge is 0.383 e. The van der Waals surface area contributed by atoms with E-state index in [9.17, 15) is 28.0 Å². The van der Waals surface area contributed by atoms with E-state index in [2.05, 4.69) is 92.0 Å². The first-order chi connectivity index (χ1) is 60.6. The number of aromatic nitrogens is 19. The zero-order chi connectivity index (χ0) is 90.4. The molecule has 31 nitrogen and oxygen atoms in total. The van der Waals surface area contributed by atoms with Crippen LogP contribution in [-0.4, -0.2) is 144 Å². The van der Waals surface area contributed by atoms with Crippen LogP contribution in [0, 0.1) is 39.3 Å². The molecule has 4 amide bonds. The van der Waals surface area contributed by atoms with Crippen LogP contribution < -0.4 is 44.2 Å². The molecule has 0 aliphatic carbocycles. The molecule has 7 aromatic carbocycles. The summed E-state index contributed by atoms with van der Waals surface area (Å²) in [5.74, 6) is -0.904. The number of benzene rings is 7. The van der Waals surface area contributed by atoms with Gasteiger partial charge in [0, 0.05) is 64.7 Å². The number of hydrogen-bond donors (Lipinski definition) is 8. The van der Waals surface area contributed by atoms with E-state index in [1.54, 1.807) is 49.2 Å². The summed E-state index contributed by atoms with van der Waals surface area (Å²) in [5.41, 5.74) is 38.0. The van der Waals surface area contributed by atoms with Crippen LogP contribution >= 0.6 is 15.9 Å². The molecular weight excluding hydrogens is 1680 g/mol. The number of pyridine rings is 1. The van der Waals surface area contributed by atoms with Gasteiger partial charge in [0.1, 0.15) is 94.4 Å². The van der Waals surface area contributed by atoms with Crippen molar-refractivity contribution in [2.75, 3.05) is 49.1 Å². The zero-order valence-corrected chi connectivity index (χ0v) is 73.3. The molecule has 0 aliphatic rings. The fraction of sp³-hybridized carbons (Fsp3) is 0.215. The average Bonchev–Trinajstić information content (AvgIpc) is 1.62. The maximum absolute atomic E-state index is 13.9. The van der Waals surface area contributed by atoms with Crippen molar-refractivity contribution < 1.29 is 28.0 Å². The summed E-state index contributed by atoms with van der Waals surface area (Å²) in [4.78, 5) is 97.6. The second-order valence-corrected chi connectivity index (χ2v) is 33.8. The number of nitrogen functional groups attached to an aromatic ring is 4. The van der Waals surface area contributed by atoms with Crippen molar-refractivity contribution in [3.63, 3.8) is 0 Å². The summed E-state index contributed by atoms with van der Waals surface area (Å²) >= 11 is 3.32. The molecule has 0 saturated heterocycles. The van der Waals surface area contributed by atoms with Crippen LogP contribution in [0.25, 0.3) is 100 Å². The maximum atomic E-state index is 13.9. The number of nitrogens with two attached hydrogens (primary N) is 4. The quantitative estimate of drug-likeness (QED) is 0.0351. The Hall–Kier alpha value is -15.4. The van der Waals surface area contributed by atoms with E-state index < -0.39 is 33.9 Å². The number of rotatable bonds is 20. The first-order valence-corrected chi connectivity index (χ1v) is 41.2. The van der Waals surface area contributed by atoms with Crippen LogP contribution in [-0.2, 0) is 22.2 Å². The van der Waals surface area contributed by atoms with Crippen molar-refractivity contribution in [1.29, 1.82) is 0 Å². The molecule has 10 heterocycles. The van der Waals surface area contributed by atoms with Gasteiger partial charge in [0.15, 0.2) is 22.6 Å². The van der Waals surface area contributed by atoms with E-state index in [4.69, 9.17) is 43.3 Å². The van der Waals surface area contributed by atoms with Gasteiger partial charge in [0.05, 0.1) is 66.5 Å². The first-order valence-electron chi connectivity index (χ1n) is 40.4. The molecule has 0 atom stereocenters. The van der Waals surface area contributed by atoms with Gasteiger partial charge in [0.25, 0.3) is 23.6 Å². The lowest BCUT2D eigenvalue weighted by Crippen LogP contribution is -2.41. The normalized spacial score (nSPS) is 11.6. The van der Waals surface area contributed by atoms with Gasteiger partial charge in [0.2, 0.25) is 0 Å². The summed E-state index contributed by atoms with van der Waals surface area (Å²) in [7, 11) is 0. The number of amides is 4. The Morgan fingerprint density at radius 3 is 1.02 bits per heavy atom. The van der Waals surface area contributed by atoms with Gasteiger partial charge in [-0.05, 0) is 160 Å². The monoisotopic (exact) mass is 1770 g/mol. The van der Waals surface area contributed by atoms with Crippen molar-refractivity contribution in [2.24, 2.45) is 0 Å². The number of aryl methyl sites for hydroxylation is 4. The molecule has 17 rings (SSSR count). The molecule has 34 heteroatoms. The molecule has 17 aromatic rings. The number of nitrogens with one attached hydrogen (secondary N) is 4. The Morgan fingerprint density at radius 1 is 0.346 bits per heavy atom. The third kappa shape index (κ3) is 19.4. The lowest BCUT2D eigenvalue weighted by atomic mass is 10.1. The Balaban J connectivity index is 0.000000137. The van der Waals surface area contributed by atoms with Crippen LogP contribution in [0.3, 0.4) is 0 Å². The van der Waals surface area contributed by atoms with Gasteiger partial charge in [-0.15, -0.1) is 0 Å². The van der Waals surface area contributed by atoms with E-state index in [0.29, 0.717) is 113 Å². The average molecular weight is 1770 g/mol. The van der Waals surface area contributed by atoms with Crippen LogP contribution in [0.5, 0.6) is 0 Å². The summed E-state index contributed by atoms with van der Waals surface area (Å²) in [6.07, 6.45) is 8.72. The van der Waals surface area contributed by atoms with Crippen molar-refractivity contribution in [3.8, 4) is 45.0 Å². The van der Waals surface area contributed by atoms with E-state index >= 15 is 0 Å². The third-order valence-electron chi connectivity index (χ3n) is 21.2. The van der Waals surface area contributed by atoms with Gasteiger partial charge < -0.3 is 44.2 Å². The Labute approximate surface area is 736 Å². The van der Waals surface area contributed by atoms with E-state index in [-0.39, 0.29) is 54.4 Å². The van der Waals surface area contributed by atoms with Gasteiger partial charge in [-0.3, -0.25) is 24.2 Å². The minimum Gasteiger partial charge on any atom is -0.383 e. The van der Waals surface area contributed by atoms with Gasteiger partial charge in [-0.2, -0.15) is 20.4 Å². The highest BCUT2D eigenvalue weighted by atomic mass is 79.9. The molecule has 0 unspecified atom stereocenters. The van der Waals surface area contributed by atoms with E-state index in [1.807, 2.05) is 204 Å². The molecule has 0 radical (unpaired) electrons. The zero-order valence-electron chi connectivity index (χ0n) is 71.7. The Morgan fingerprint density at radius 2 is 0.669 bits per heavy atom. The number of carbonyl (C=O) groups excluding carboxylic acids is 4. The van der Waals surface area contributed by atoms with Crippen LogP contribution in [0.15, 0.2) is 224 Å². The number of hydrogen-bond acceptors (Lipinski definition) is 23. The summed E-state index contributed by atoms with van der Waals surface area (Å²) in [5, 5.41) is 33.6. The highest BCUT2D eigenvalue weighted by Crippen LogP contribution is 2.39. The lowest BCUT2D eigenvalue weighted by molar-refractivity contribution is 0.0924. The van der Waals surface area contributed by atoms with Crippen LogP contribution in [0.1, 0.15) is 119 Å². The SMILES string of the molecule is Cc1ccc(-c2nn(C(C)(C)CNC(=O)c3ccc(Br)cn3)c3ncnc(N)c23)cc1.Cc1ccc(-c2nn(C(C)(C)CNC(=O)c3ccc(F)cc3)c3ncnc(N)c23)cc1.Cc1ccc(-c2nn(C(C)(C)CNC(=O)c3ccccc3F)c3ncnc(N)c23)cc1.Cc1ccc(-c2nn(C(C)(C)CNC(=O)c3cnc4ccccc4n3)c3ncnc(N)c23)cc1. The molecule has 12 N–H and O–H groups in total.